The van der Waals surface area contributed by atoms with Gasteiger partial charge in [0.05, 0.1) is 4.90 Å². The van der Waals surface area contributed by atoms with Crippen LogP contribution in [0, 0.1) is 0 Å². The van der Waals surface area contributed by atoms with Crippen LogP contribution >= 0.6 is 0 Å². The van der Waals surface area contributed by atoms with Crippen molar-refractivity contribution in [3.63, 3.8) is 0 Å². The van der Waals surface area contributed by atoms with E-state index in [4.69, 9.17) is 0 Å². The molecule has 1 aromatic carbocycles. The number of amides is 1. The normalized spacial score (nSPS) is 16.5. The minimum absolute atomic E-state index is 0.0107. The van der Waals surface area contributed by atoms with Gasteiger partial charge in [0.15, 0.2) is 0 Å². The summed E-state index contributed by atoms with van der Waals surface area (Å²) in [6.07, 6.45) is 4.66. The van der Waals surface area contributed by atoms with Crippen LogP contribution in [-0.4, -0.2) is 25.9 Å². The number of hydrogen-bond donors (Lipinski definition) is 2. The Hall–Kier alpha value is -1.40. The van der Waals surface area contributed by atoms with Gasteiger partial charge in [-0.25, -0.2) is 13.1 Å². The van der Waals surface area contributed by atoms with Crippen LogP contribution < -0.4 is 10.0 Å². The van der Waals surface area contributed by atoms with Crippen molar-refractivity contribution in [3.05, 3.63) is 29.8 Å². The number of carbonyl (C=O) groups excluding carboxylic acids is 1. The Bertz CT molecular complexity index is 662. The molecule has 0 saturated heterocycles. The van der Waals surface area contributed by atoms with Crippen molar-refractivity contribution in [2.75, 3.05) is 0 Å². The van der Waals surface area contributed by atoms with Gasteiger partial charge in [0.1, 0.15) is 0 Å². The fraction of sp³-hybridized carbons (Fsp3) is 0.588. The van der Waals surface area contributed by atoms with Crippen LogP contribution in [0.25, 0.3) is 0 Å². The van der Waals surface area contributed by atoms with Crippen molar-refractivity contribution in [1.82, 2.24) is 10.0 Å². The third-order valence-electron chi connectivity index (χ3n) is 4.42. The fourth-order valence-electron chi connectivity index (χ4n) is 2.60. The van der Waals surface area contributed by atoms with Gasteiger partial charge in [-0.15, -0.1) is 0 Å². The summed E-state index contributed by atoms with van der Waals surface area (Å²) in [5.74, 6) is -0.255. The molecule has 0 aliphatic heterocycles. The average molecular weight is 338 g/mol. The van der Waals surface area contributed by atoms with E-state index in [1.165, 1.54) is 12.1 Å². The van der Waals surface area contributed by atoms with Crippen LogP contribution in [-0.2, 0) is 10.0 Å². The lowest BCUT2D eigenvalue weighted by atomic mass is 10.0. The summed E-state index contributed by atoms with van der Waals surface area (Å²) >= 11 is 0. The van der Waals surface area contributed by atoms with E-state index in [1.54, 1.807) is 12.1 Å². The molecular weight excluding hydrogens is 312 g/mol. The predicted molar refractivity (Wildman–Crippen MR) is 90.9 cm³/mol. The Morgan fingerprint density at radius 3 is 2.52 bits per heavy atom. The zero-order chi connectivity index (χ0) is 17.1. The molecule has 5 nitrogen and oxygen atoms in total. The monoisotopic (exact) mass is 338 g/mol. The Morgan fingerprint density at radius 2 is 1.91 bits per heavy atom. The fourth-order valence-corrected chi connectivity index (χ4v) is 3.95. The van der Waals surface area contributed by atoms with Crippen LogP contribution in [0.15, 0.2) is 29.2 Å². The molecule has 0 radical (unpaired) electrons. The molecule has 2 N–H and O–H groups in total. The van der Waals surface area contributed by atoms with Crippen molar-refractivity contribution < 1.29 is 13.2 Å². The number of rotatable bonds is 6. The molecule has 1 saturated carbocycles. The summed E-state index contributed by atoms with van der Waals surface area (Å²) in [6, 6.07) is 6.22. The van der Waals surface area contributed by atoms with E-state index in [9.17, 15) is 13.2 Å². The highest BCUT2D eigenvalue weighted by molar-refractivity contribution is 7.89. The second-order valence-corrected chi connectivity index (χ2v) is 8.54. The lowest BCUT2D eigenvalue weighted by Gasteiger charge is -2.24. The maximum absolute atomic E-state index is 12.5. The number of nitrogens with one attached hydrogen (secondary N) is 2. The first-order valence-electron chi connectivity index (χ1n) is 8.18. The molecule has 1 amide bonds. The van der Waals surface area contributed by atoms with E-state index in [0.717, 1.165) is 32.1 Å². The van der Waals surface area contributed by atoms with Gasteiger partial charge in [-0.2, -0.15) is 0 Å². The Morgan fingerprint density at radius 1 is 1.26 bits per heavy atom. The molecule has 0 aromatic heterocycles. The molecule has 23 heavy (non-hydrogen) atoms. The van der Waals surface area contributed by atoms with Crippen LogP contribution in [0.2, 0.25) is 0 Å². The van der Waals surface area contributed by atoms with Crippen LogP contribution in [0.1, 0.15) is 63.2 Å². The second-order valence-electron chi connectivity index (χ2n) is 6.82. The van der Waals surface area contributed by atoms with Gasteiger partial charge < -0.3 is 5.32 Å². The Kier molecular flexibility index (Phi) is 5.47. The van der Waals surface area contributed by atoms with Crippen LogP contribution in [0.3, 0.4) is 0 Å². The first-order chi connectivity index (χ1) is 10.7. The number of benzene rings is 1. The standard InChI is InChI=1S/C17H26N2O3S/c1-4-17(2,3)18-16(20)13-8-7-11-15(12-13)23(21,22)19-14-9-5-6-10-14/h7-8,11-12,14,19H,4-6,9-10H2,1-3H3,(H,18,20). The molecular formula is C17H26N2O3S. The number of sulfonamides is 1. The van der Waals surface area contributed by atoms with Crippen LogP contribution in [0.5, 0.6) is 0 Å². The van der Waals surface area contributed by atoms with E-state index in [2.05, 4.69) is 10.0 Å². The van der Waals surface area contributed by atoms with Gasteiger partial charge in [0, 0.05) is 17.1 Å². The van der Waals surface area contributed by atoms with Gasteiger partial charge in [-0.1, -0.05) is 25.8 Å². The summed E-state index contributed by atoms with van der Waals surface area (Å²) < 4.78 is 27.7. The third kappa shape index (κ3) is 4.78. The van der Waals surface area contributed by atoms with Gasteiger partial charge in [-0.05, 0) is 51.3 Å². The molecule has 0 heterocycles. The van der Waals surface area contributed by atoms with Crippen molar-refractivity contribution in [1.29, 1.82) is 0 Å². The first-order valence-corrected chi connectivity index (χ1v) is 9.67. The predicted octanol–water partition coefficient (Wildman–Crippen LogP) is 2.83. The molecule has 1 aliphatic carbocycles. The van der Waals surface area contributed by atoms with Crippen molar-refractivity contribution in [3.8, 4) is 0 Å². The average Bonchev–Trinajstić information content (AvgIpc) is 2.99. The van der Waals surface area contributed by atoms with Gasteiger partial charge >= 0.3 is 0 Å². The summed E-state index contributed by atoms with van der Waals surface area (Å²) in [7, 11) is -3.58. The first kappa shape index (κ1) is 17.9. The Balaban J connectivity index is 2.17. The zero-order valence-electron chi connectivity index (χ0n) is 14.1. The summed E-state index contributed by atoms with van der Waals surface area (Å²) in [4.78, 5) is 12.5. The smallest absolute Gasteiger partial charge is 0.251 e. The van der Waals surface area contributed by atoms with Crippen LogP contribution in [0.4, 0.5) is 0 Å². The topological polar surface area (TPSA) is 75.3 Å². The highest BCUT2D eigenvalue weighted by Crippen LogP contribution is 2.21. The molecule has 128 valence electrons. The second kappa shape index (κ2) is 7.01. The lowest BCUT2D eigenvalue weighted by Crippen LogP contribution is -2.42. The molecule has 1 fully saturated rings. The zero-order valence-corrected chi connectivity index (χ0v) is 14.9. The molecule has 0 bridgehead atoms. The third-order valence-corrected chi connectivity index (χ3v) is 5.94. The maximum atomic E-state index is 12.5. The molecule has 1 aromatic rings. The molecule has 2 rings (SSSR count). The minimum atomic E-state index is -3.58. The molecule has 0 spiro atoms. The quantitative estimate of drug-likeness (QED) is 0.837. The highest BCUT2D eigenvalue weighted by atomic mass is 32.2. The Labute approximate surface area is 138 Å². The number of carbonyl (C=O) groups is 1. The lowest BCUT2D eigenvalue weighted by molar-refractivity contribution is 0.0911. The van der Waals surface area contributed by atoms with E-state index >= 15 is 0 Å². The van der Waals surface area contributed by atoms with Crippen molar-refractivity contribution in [2.24, 2.45) is 0 Å². The van der Waals surface area contributed by atoms with E-state index in [-0.39, 0.29) is 22.4 Å². The summed E-state index contributed by atoms with van der Waals surface area (Å²) in [6.45, 7) is 5.87. The molecule has 0 unspecified atom stereocenters. The largest absolute Gasteiger partial charge is 0.347 e. The highest BCUT2D eigenvalue weighted by Gasteiger charge is 2.24. The van der Waals surface area contributed by atoms with E-state index < -0.39 is 10.0 Å². The molecule has 1 aliphatic rings. The van der Waals surface area contributed by atoms with Crippen molar-refractivity contribution in [2.45, 2.75) is 69.4 Å². The SMILES string of the molecule is CCC(C)(C)NC(=O)c1cccc(S(=O)(=O)NC2CCCC2)c1. The van der Waals surface area contributed by atoms with Gasteiger partial charge in [0.25, 0.3) is 5.91 Å². The van der Waals surface area contributed by atoms with Gasteiger partial charge in [0.2, 0.25) is 10.0 Å². The van der Waals surface area contributed by atoms with E-state index in [1.807, 2.05) is 20.8 Å². The van der Waals surface area contributed by atoms with Crippen molar-refractivity contribution >= 4 is 15.9 Å². The van der Waals surface area contributed by atoms with Gasteiger partial charge in [-0.3, -0.25) is 4.79 Å². The molecule has 6 heteroatoms. The molecule has 0 atom stereocenters. The summed E-state index contributed by atoms with van der Waals surface area (Å²) in [5, 5.41) is 2.92. The minimum Gasteiger partial charge on any atom is -0.347 e. The maximum Gasteiger partial charge on any atom is 0.251 e. The van der Waals surface area contributed by atoms with E-state index in [0.29, 0.717) is 5.56 Å². The number of hydrogen-bond acceptors (Lipinski definition) is 3. The summed E-state index contributed by atoms with van der Waals surface area (Å²) in [5.41, 5.74) is 0.0365.